The smallest absolute Gasteiger partial charge is 0.315 e. The summed E-state index contributed by atoms with van der Waals surface area (Å²) in [6.45, 7) is 3.02. The largest absolute Gasteiger partial charge is 0.491 e. The van der Waals surface area contributed by atoms with Gasteiger partial charge < -0.3 is 15.4 Å². The zero-order chi connectivity index (χ0) is 13.5. The first-order chi connectivity index (χ1) is 9.25. The van der Waals surface area contributed by atoms with E-state index in [1.165, 1.54) is 12.8 Å². The molecule has 0 unspecified atom stereocenters. The summed E-state index contributed by atoms with van der Waals surface area (Å²) in [4.78, 5) is 11.6. The van der Waals surface area contributed by atoms with Gasteiger partial charge in [-0.25, -0.2) is 4.79 Å². The van der Waals surface area contributed by atoms with Gasteiger partial charge >= 0.3 is 6.03 Å². The molecule has 4 heteroatoms. The van der Waals surface area contributed by atoms with Crippen molar-refractivity contribution in [3.63, 3.8) is 0 Å². The lowest BCUT2D eigenvalue weighted by molar-refractivity contribution is 0.232. The molecule has 4 nitrogen and oxygen atoms in total. The topological polar surface area (TPSA) is 50.4 Å². The molecule has 2 rings (SSSR count). The van der Waals surface area contributed by atoms with E-state index in [2.05, 4.69) is 10.6 Å². The zero-order valence-corrected chi connectivity index (χ0v) is 11.4. The molecule has 1 aromatic carbocycles. The Morgan fingerprint density at radius 1 is 1.32 bits per heavy atom. The third-order valence-electron chi connectivity index (χ3n) is 3.43. The Hall–Kier alpha value is -1.71. The minimum Gasteiger partial charge on any atom is -0.491 e. The maximum atomic E-state index is 11.6. The molecule has 0 aromatic heterocycles. The number of carbonyl (C=O) groups is 1. The third kappa shape index (κ3) is 4.47. The van der Waals surface area contributed by atoms with E-state index in [-0.39, 0.29) is 6.03 Å². The summed E-state index contributed by atoms with van der Waals surface area (Å²) < 4.78 is 5.61. The molecule has 2 amide bonds. The van der Waals surface area contributed by atoms with E-state index in [4.69, 9.17) is 4.74 Å². The number of hydrogen-bond donors (Lipinski definition) is 2. The van der Waals surface area contributed by atoms with Crippen molar-refractivity contribution in [2.45, 2.75) is 38.6 Å². The molecule has 0 aliphatic heterocycles. The van der Waals surface area contributed by atoms with E-state index in [9.17, 15) is 4.79 Å². The molecule has 1 aliphatic rings. The van der Waals surface area contributed by atoms with Gasteiger partial charge in [0.1, 0.15) is 12.4 Å². The molecule has 0 radical (unpaired) electrons. The number of ether oxygens (including phenoxy) is 1. The second kappa shape index (κ2) is 7.02. The van der Waals surface area contributed by atoms with Crippen molar-refractivity contribution in [2.75, 3.05) is 13.2 Å². The first-order valence-corrected chi connectivity index (χ1v) is 6.98. The average molecular weight is 262 g/mol. The second-order valence-electron chi connectivity index (χ2n) is 5.00. The molecule has 1 aliphatic carbocycles. The van der Waals surface area contributed by atoms with Gasteiger partial charge in [0, 0.05) is 6.04 Å². The van der Waals surface area contributed by atoms with Gasteiger partial charge in [-0.15, -0.1) is 0 Å². The Morgan fingerprint density at radius 3 is 2.79 bits per heavy atom. The zero-order valence-electron chi connectivity index (χ0n) is 11.4. The summed E-state index contributed by atoms with van der Waals surface area (Å²) in [5, 5.41) is 5.81. The molecule has 0 saturated heterocycles. The van der Waals surface area contributed by atoms with Crippen molar-refractivity contribution >= 4 is 6.03 Å². The van der Waals surface area contributed by atoms with Gasteiger partial charge in [0.25, 0.3) is 0 Å². The van der Waals surface area contributed by atoms with Crippen molar-refractivity contribution in [1.82, 2.24) is 10.6 Å². The van der Waals surface area contributed by atoms with Crippen LogP contribution in [0.15, 0.2) is 24.3 Å². The lowest BCUT2D eigenvalue weighted by atomic mass is 10.2. The molecule has 0 bridgehead atoms. The van der Waals surface area contributed by atoms with Gasteiger partial charge in [-0.05, 0) is 31.4 Å². The number of rotatable bonds is 5. The quantitative estimate of drug-likeness (QED) is 0.801. The Labute approximate surface area is 114 Å². The number of amides is 2. The van der Waals surface area contributed by atoms with Crippen LogP contribution in [0.2, 0.25) is 0 Å². The van der Waals surface area contributed by atoms with Gasteiger partial charge in [-0.3, -0.25) is 0 Å². The van der Waals surface area contributed by atoms with Crippen LogP contribution in [-0.4, -0.2) is 25.2 Å². The standard InChI is InChI=1S/C15H22N2O2/c1-12-6-2-5-9-14(12)19-11-10-16-15(18)17-13-7-3-4-8-13/h2,5-6,9,13H,3-4,7-8,10-11H2,1H3,(H2,16,17,18). The Balaban J connectivity index is 1.61. The van der Waals surface area contributed by atoms with Crippen molar-refractivity contribution in [3.05, 3.63) is 29.8 Å². The summed E-state index contributed by atoms with van der Waals surface area (Å²) in [6.07, 6.45) is 4.66. The molecule has 1 saturated carbocycles. The first-order valence-electron chi connectivity index (χ1n) is 6.98. The number of aryl methyl sites for hydroxylation is 1. The predicted octanol–water partition coefficient (Wildman–Crippen LogP) is 2.62. The van der Waals surface area contributed by atoms with Gasteiger partial charge in [0.15, 0.2) is 0 Å². The lowest BCUT2D eigenvalue weighted by Crippen LogP contribution is -2.42. The lowest BCUT2D eigenvalue weighted by Gasteiger charge is -2.13. The van der Waals surface area contributed by atoms with E-state index >= 15 is 0 Å². The molecule has 0 spiro atoms. The molecule has 1 fully saturated rings. The summed E-state index contributed by atoms with van der Waals surface area (Å²) in [5.74, 6) is 0.875. The minimum absolute atomic E-state index is 0.0831. The van der Waals surface area contributed by atoms with Crippen LogP contribution in [0, 0.1) is 6.92 Å². The number of carbonyl (C=O) groups excluding carboxylic acids is 1. The highest BCUT2D eigenvalue weighted by Gasteiger charge is 2.16. The SMILES string of the molecule is Cc1ccccc1OCCNC(=O)NC1CCCC1. The number of urea groups is 1. The van der Waals surface area contributed by atoms with Gasteiger partial charge in [-0.1, -0.05) is 31.0 Å². The molecule has 2 N–H and O–H groups in total. The monoisotopic (exact) mass is 262 g/mol. The number of para-hydroxylation sites is 1. The van der Waals surface area contributed by atoms with E-state index in [0.717, 1.165) is 24.2 Å². The van der Waals surface area contributed by atoms with Crippen molar-refractivity contribution < 1.29 is 9.53 Å². The first kappa shape index (κ1) is 13.7. The van der Waals surface area contributed by atoms with E-state index in [1.54, 1.807) is 0 Å². The fourth-order valence-electron chi connectivity index (χ4n) is 2.35. The van der Waals surface area contributed by atoms with E-state index in [0.29, 0.717) is 19.2 Å². The second-order valence-corrected chi connectivity index (χ2v) is 5.00. The normalized spacial score (nSPS) is 15.2. The summed E-state index contributed by atoms with van der Waals surface area (Å²) in [7, 11) is 0. The molecule has 19 heavy (non-hydrogen) atoms. The molecular formula is C15H22N2O2. The van der Waals surface area contributed by atoms with Crippen molar-refractivity contribution in [3.8, 4) is 5.75 Å². The van der Waals surface area contributed by atoms with Crippen LogP contribution in [0.3, 0.4) is 0 Å². The van der Waals surface area contributed by atoms with Crippen LogP contribution in [0.5, 0.6) is 5.75 Å². The third-order valence-corrected chi connectivity index (χ3v) is 3.43. The number of benzene rings is 1. The molecule has 1 aromatic rings. The highest BCUT2D eigenvalue weighted by Crippen LogP contribution is 2.17. The van der Waals surface area contributed by atoms with E-state index < -0.39 is 0 Å². The summed E-state index contributed by atoms with van der Waals surface area (Å²) >= 11 is 0. The molecular weight excluding hydrogens is 240 g/mol. The van der Waals surface area contributed by atoms with Crippen molar-refractivity contribution in [1.29, 1.82) is 0 Å². The van der Waals surface area contributed by atoms with Crippen LogP contribution in [0.4, 0.5) is 4.79 Å². The molecule has 0 atom stereocenters. The molecule has 104 valence electrons. The van der Waals surface area contributed by atoms with E-state index in [1.807, 2.05) is 31.2 Å². The predicted molar refractivity (Wildman–Crippen MR) is 75.5 cm³/mol. The van der Waals surface area contributed by atoms with Gasteiger partial charge in [0.05, 0.1) is 6.54 Å². The summed E-state index contributed by atoms with van der Waals surface area (Å²) in [5.41, 5.74) is 1.11. The average Bonchev–Trinajstić information content (AvgIpc) is 2.89. The van der Waals surface area contributed by atoms with Crippen LogP contribution in [-0.2, 0) is 0 Å². The van der Waals surface area contributed by atoms with Crippen LogP contribution >= 0.6 is 0 Å². The maximum Gasteiger partial charge on any atom is 0.315 e. The highest BCUT2D eigenvalue weighted by molar-refractivity contribution is 5.74. The number of hydrogen-bond acceptors (Lipinski definition) is 2. The van der Waals surface area contributed by atoms with Crippen LogP contribution < -0.4 is 15.4 Å². The maximum absolute atomic E-state index is 11.6. The molecule has 0 heterocycles. The van der Waals surface area contributed by atoms with Crippen LogP contribution in [0.1, 0.15) is 31.2 Å². The van der Waals surface area contributed by atoms with Crippen molar-refractivity contribution in [2.24, 2.45) is 0 Å². The highest BCUT2D eigenvalue weighted by atomic mass is 16.5. The van der Waals surface area contributed by atoms with Gasteiger partial charge in [-0.2, -0.15) is 0 Å². The van der Waals surface area contributed by atoms with Gasteiger partial charge in [0.2, 0.25) is 0 Å². The fraction of sp³-hybridized carbons (Fsp3) is 0.533. The Bertz CT molecular complexity index is 414. The number of nitrogens with one attached hydrogen (secondary N) is 2. The Kier molecular flexibility index (Phi) is 5.07. The summed E-state index contributed by atoms with van der Waals surface area (Å²) in [6, 6.07) is 8.15. The fourth-order valence-corrected chi connectivity index (χ4v) is 2.35. The van der Waals surface area contributed by atoms with Crippen LogP contribution in [0.25, 0.3) is 0 Å². The Morgan fingerprint density at radius 2 is 2.05 bits per heavy atom. The minimum atomic E-state index is -0.0831.